The molecule has 0 spiro atoms. The van der Waals surface area contributed by atoms with Gasteiger partial charge in [0.05, 0.1) is 5.69 Å². The molecule has 2 N–H and O–H groups in total. The van der Waals surface area contributed by atoms with Gasteiger partial charge in [0.2, 0.25) is 0 Å². The summed E-state index contributed by atoms with van der Waals surface area (Å²) < 4.78 is 0. The summed E-state index contributed by atoms with van der Waals surface area (Å²) in [6, 6.07) is 19.9. The van der Waals surface area contributed by atoms with Gasteiger partial charge in [-0.3, -0.25) is 0 Å². The molecule has 3 rings (SSSR count). The summed E-state index contributed by atoms with van der Waals surface area (Å²) in [4.78, 5) is 8.94. The monoisotopic (exact) mass is 261 g/mol. The van der Waals surface area contributed by atoms with Gasteiger partial charge in [0.1, 0.15) is 5.82 Å². The number of anilines is 1. The molecule has 0 unspecified atom stereocenters. The van der Waals surface area contributed by atoms with E-state index in [2.05, 4.69) is 16.9 Å². The summed E-state index contributed by atoms with van der Waals surface area (Å²) in [6.45, 7) is 2.05. The fraction of sp³-hybridized carbons (Fsp3) is 0.0588. The van der Waals surface area contributed by atoms with Crippen LogP contribution < -0.4 is 5.73 Å². The average molecular weight is 261 g/mol. The van der Waals surface area contributed by atoms with E-state index in [0.29, 0.717) is 11.6 Å². The average Bonchev–Trinajstić information content (AvgIpc) is 2.48. The van der Waals surface area contributed by atoms with E-state index < -0.39 is 0 Å². The van der Waals surface area contributed by atoms with E-state index in [0.717, 1.165) is 16.8 Å². The van der Waals surface area contributed by atoms with E-state index in [1.165, 1.54) is 5.56 Å². The molecule has 0 saturated heterocycles. The molecule has 0 aliphatic carbocycles. The Bertz CT molecular complexity index is 719. The number of aromatic nitrogens is 2. The van der Waals surface area contributed by atoms with Crippen LogP contribution in [0.1, 0.15) is 5.56 Å². The first kappa shape index (κ1) is 12.4. The smallest absolute Gasteiger partial charge is 0.162 e. The molecular weight excluding hydrogens is 246 g/mol. The SMILES string of the molecule is Cc1ccc(-c2nc(N)cc(-c3ccccc3)n2)cc1. The number of nitrogens with two attached hydrogens (primary N) is 1. The second kappa shape index (κ2) is 5.13. The Kier molecular flexibility index (Phi) is 3.17. The van der Waals surface area contributed by atoms with Gasteiger partial charge in [-0.25, -0.2) is 9.97 Å². The van der Waals surface area contributed by atoms with Crippen LogP contribution in [0.2, 0.25) is 0 Å². The lowest BCUT2D eigenvalue weighted by Gasteiger charge is -2.06. The van der Waals surface area contributed by atoms with E-state index in [1.54, 1.807) is 6.07 Å². The maximum Gasteiger partial charge on any atom is 0.162 e. The Hall–Kier alpha value is -2.68. The Morgan fingerprint density at radius 1 is 0.800 bits per heavy atom. The molecule has 0 saturated carbocycles. The van der Waals surface area contributed by atoms with Crippen molar-refractivity contribution in [2.45, 2.75) is 6.92 Å². The van der Waals surface area contributed by atoms with Gasteiger partial charge in [-0.1, -0.05) is 60.2 Å². The fourth-order valence-corrected chi connectivity index (χ4v) is 2.05. The molecule has 3 nitrogen and oxygen atoms in total. The standard InChI is InChI=1S/C17H15N3/c1-12-7-9-14(10-8-12)17-19-15(11-16(18)20-17)13-5-3-2-4-6-13/h2-11H,1H3,(H2,18,19,20). The summed E-state index contributed by atoms with van der Waals surface area (Å²) in [5.74, 6) is 1.14. The van der Waals surface area contributed by atoms with E-state index in [1.807, 2.05) is 54.6 Å². The fourth-order valence-electron chi connectivity index (χ4n) is 2.05. The lowest BCUT2D eigenvalue weighted by molar-refractivity contribution is 1.19. The molecule has 1 heterocycles. The molecular formula is C17H15N3. The van der Waals surface area contributed by atoms with E-state index in [-0.39, 0.29) is 0 Å². The zero-order chi connectivity index (χ0) is 13.9. The molecule has 1 aromatic heterocycles. The van der Waals surface area contributed by atoms with Crippen LogP contribution in [0.5, 0.6) is 0 Å². The van der Waals surface area contributed by atoms with Crippen LogP contribution in [0.3, 0.4) is 0 Å². The Balaban J connectivity index is 2.09. The number of hydrogen-bond donors (Lipinski definition) is 1. The summed E-state index contributed by atoms with van der Waals surface area (Å²) in [6.07, 6.45) is 0. The number of benzene rings is 2. The predicted octanol–water partition coefficient (Wildman–Crippen LogP) is 3.70. The largest absolute Gasteiger partial charge is 0.384 e. The van der Waals surface area contributed by atoms with E-state index in [9.17, 15) is 0 Å². The Labute approximate surface area is 118 Å². The summed E-state index contributed by atoms with van der Waals surface area (Å²) >= 11 is 0. The molecule has 0 atom stereocenters. The molecule has 3 aromatic rings. The molecule has 0 aliphatic rings. The predicted molar refractivity (Wildman–Crippen MR) is 82.1 cm³/mol. The summed E-state index contributed by atoms with van der Waals surface area (Å²) in [7, 11) is 0. The first-order valence-electron chi connectivity index (χ1n) is 6.49. The number of aryl methyl sites for hydroxylation is 1. The van der Waals surface area contributed by atoms with Crippen molar-refractivity contribution in [3.8, 4) is 22.6 Å². The summed E-state index contributed by atoms with van der Waals surface area (Å²) in [5, 5.41) is 0. The van der Waals surface area contributed by atoms with Gasteiger partial charge in [-0.05, 0) is 6.92 Å². The van der Waals surface area contributed by atoms with Crippen molar-refractivity contribution in [2.24, 2.45) is 0 Å². The van der Waals surface area contributed by atoms with Crippen LogP contribution in [0.4, 0.5) is 5.82 Å². The van der Waals surface area contributed by atoms with Crippen molar-refractivity contribution in [1.29, 1.82) is 0 Å². The van der Waals surface area contributed by atoms with Gasteiger partial charge >= 0.3 is 0 Å². The number of hydrogen-bond acceptors (Lipinski definition) is 3. The second-order valence-corrected chi connectivity index (χ2v) is 4.73. The van der Waals surface area contributed by atoms with Gasteiger partial charge in [-0.15, -0.1) is 0 Å². The van der Waals surface area contributed by atoms with Gasteiger partial charge in [-0.2, -0.15) is 0 Å². The van der Waals surface area contributed by atoms with Gasteiger partial charge < -0.3 is 5.73 Å². The molecule has 3 heteroatoms. The third-order valence-electron chi connectivity index (χ3n) is 3.13. The van der Waals surface area contributed by atoms with Crippen LogP contribution in [0, 0.1) is 6.92 Å². The van der Waals surface area contributed by atoms with Crippen molar-refractivity contribution < 1.29 is 0 Å². The van der Waals surface area contributed by atoms with Crippen molar-refractivity contribution in [1.82, 2.24) is 9.97 Å². The topological polar surface area (TPSA) is 51.8 Å². The highest BCUT2D eigenvalue weighted by atomic mass is 14.9. The van der Waals surface area contributed by atoms with Gasteiger partial charge in [0.25, 0.3) is 0 Å². The molecule has 0 bridgehead atoms. The molecule has 0 aliphatic heterocycles. The zero-order valence-electron chi connectivity index (χ0n) is 11.2. The first-order valence-corrected chi connectivity index (χ1v) is 6.49. The van der Waals surface area contributed by atoms with Crippen LogP contribution >= 0.6 is 0 Å². The van der Waals surface area contributed by atoms with Crippen molar-refractivity contribution >= 4 is 5.82 Å². The van der Waals surface area contributed by atoms with Crippen molar-refractivity contribution in [2.75, 3.05) is 5.73 Å². The maximum absolute atomic E-state index is 5.91. The maximum atomic E-state index is 5.91. The van der Waals surface area contributed by atoms with Crippen LogP contribution in [0.15, 0.2) is 60.7 Å². The zero-order valence-corrected chi connectivity index (χ0v) is 11.2. The second-order valence-electron chi connectivity index (χ2n) is 4.73. The number of nitrogens with zero attached hydrogens (tertiary/aromatic N) is 2. The molecule has 0 radical (unpaired) electrons. The number of rotatable bonds is 2. The highest BCUT2D eigenvalue weighted by Crippen LogP contribution is 2.23. The number of nitrogen functional groups attached to an aromatic ring is 1. The normalized spacial score (nSPS) is 10.4. The van der Waals surface area contributed by atoms with Crippen LogP contribution in [-0.4, -0.2) is 9.97 Å². The highest BCUT2D eigenvalue weighted by molar-refractivity contribution is 5.66. The Morgan fingerprint density at radius 2 is 1.50 bits per heavy atom. The van der Waals surface area contributed by atoms with E-state index >= 15 is 0 Å². The van der Waals surface area contributed by atoms with Gasteiger partial charge in [0.15, 0.2) is 5.82 Å². The van der Waals surface area contributed by atoms with Crippen molar-refractivity contribution in [3.05, 3.63) is 66.2 Å². The first-order chi connectivity index (χ1) is 9.72. The quantitative estimate of drug-likeness (QED) is 0.765. The lowest BCUT2D eigenvalue weighted by Crippen LogP contribution is -1.98. The van der Waals surface area contributed by atoms with Crippen LogP contribution in [-0.2, 0) is 0 Å². The van der Waals surface area contributed by atoms with Gasteiger partial charge in [0, 0.05) is 17.2 Å². The lowest BCUT2D eigenvalue weighted by atomic mass is 10.1. The minimum atomic E-state index is 0.481. The molecule has 0 amide bonds. The molecule has 98 valence electrons. The summed E-state index contributed by atoms with van der Waals surface area (Å²) in [5.41, 5.74) is 9.97. The third kappa shape index (κ3) is 2.52. The van der Waals surface area contributed by atoms with Crippen LogP contribution in [0.25, 0.3) is 22.6 Å². The molecule has 2 aromatic carbocycles. The van der Waals surface area contributed by atoms with E-state index in [4.69, 9.17) is 5.73 Å². The third-order valence-corrected chi connectivity index (χ3v) is 3.13. The highest BCUT2D eigenvalue weighted by Gasteiger charge is 2.06. The minimum absolute atomic E-state index is 0.481. The van der Waals surface area contributed by atoms with Crippen molar-refractivity contribution in [3.63, 3.8) is 0 Å². The molecule has 0 fully saturated rings. The Morgan fingerprint density at radius 3 is 2.20 bits per heavy atom. The molecule has 20 heavy (non-hydrogen) atoms. The minimum Gasteiger partial charge on any atom is -0.384 e.